The maximum atomic E-state index is 11.5. The quantitative estimate of drug-likeness (QED) is 0.202. The highest BCUT2D eigenvalue weighted by Gasteiger charge is 2.05. The molecular weight excluding hydrogens is 412 g/mol. The highest BCUT2D eigenvalue weighted by Crippen LogP contribution is 2.25. The molecule has 0 bridgehead atoms. The molecule has 0 atom stereocenters. The lowest BCUT2D eigenvalue weighted by Crippen LogP contribution is -2.01. The maximum Gasteiger partial charge on any atom is 0.337 e. The fraction of sp³-hybridized carbons (Fsp3) is 0.345. The molecule has 0 N–H and O–H groups in total. The molecule has 0 radical (unpaired) electrons. The first-order valence-electron chi connectivity index (χ1n) is 11.8. The molecule has 3 aromatic carbocycles. The van der Waals surface area contributed by atoms with Crippen LogP contribution in [-0.2, 0) is 11.3 Å². The third-order valence-corrected chi connectivity index (χ3v) is 5.59. The van der Waals surface area contributed by atoms with Gasteiger partial charge in [0, 0.05) is 0 Å². The van der Waals surface area contributed by atoms with Crippen LogP contribution in [0.2, 0.25) is 0 Å². The van der Waals surface area contributed by atoms with Crippen LogP contribution in [0.25, 0.3) is 11.1 Å². The lowest BCUT2D eigenvalue weighted by molar-refractivity contribution is 0.0600. The van der Waals surface area contributed by atoms with Gasteiger partial charge in [0.25, 0.3) is 0 Å². The lowest BCUT2D eigenvalue weighted by atomic mass is 10.1. The van der Waals surface area contributed by atoms with Crippen molar-refractivity contribution in [1.29, 1.82) is 0 Å². The number of rotatable bonds is 13. The molecule has 0 saturated carbocycles. The fourth-order valence-corrected chi connectivity index (χ4v) is 3.58. The molecule has 4 heteroatoms. The molecule has 0 saturated heterocycles. The van der Waals surface area contributed by atoms with Crippen LogP contribution in [0.3, 0.4) is 0 Å². The number of methoxy groups -OCH3 is 1. The topological polar surface area (TPSA) is 44.8 Å². The van der Waals surface area contributed by atoms with Crippen molar-refractivity contribution in [2.75, 3.05) is 13.7 Å². The predicted molar refractivity (Wildman–Crippen MR) is 133 cm³/mol. The van der Waals surface area contributed by atoms with E-state index in [0.29, 0.717) is 12.2 Å². The van der Waals surface area contributed by atoms with Crippen molar-refractivity contribution in [1.82, 2.24) is 0 Å². The van der Waals surface area contributed by atoms with E-state index in [1.807, 2.05) is 36.4 Å². The number of esters is 1. The van der Waals surface area contributed by atoms with Crippen LogP contribution in [0.5, 0.6) is 11.5 Å². The van der Waals surface area contributed by atoms with E-state index in [-0.39, 0.29) is 5.97 Å². The van der Waals surface area contributed by atoms with Crippen molar-refractivity contribution < 1.29 is 19.0 Å². The Morgan fingerprint density at radius 2 is 1.21 bits per heavy atom. The van der Waals surface area contributed by atoms with E-state index in [0.717, 1.165) is 41.2 Å². The minimum Gasteiger partial charge on any atom is -0.494 e. The van der Waals surface area contributed by atoms with Gasteiger partial charge >= 0.3 is 5.97 Å². The van der Waals surface area contributed by atoms with Gasteiger partial charge in [-0.1, -0.05) is 75.4 Å². The Hall–Kier alpha value is -3.27. The molecule has 0 unspecified atom stereocenters. The summed E-state index contributed by atoms with van der Waals surface area (Å²) in [4.78, 5) is 11.5. The molecule has 0 spiro atoms. The Morgan fingerprint density at radius 3 is 1.79 bits per heavy atom. The van der Waals surface area contributed by atoms with Gasteiger partial charge in [-0.15, -0.1) is 0 Å². The van der Waals surface area contributed by atoms with Gasteiger partial charge in [-0.25, -0.2) is 4.79 Å². The molecule has 0 aliphatic heterocycles. The molecule has 4 nitrogen and oxygen atoms in total. The fourth-order valence-electron chi connectivity index (χ4n) is 3.58. The zero-order valence-electron chi connectivity index (χ0n) is 19.7. The van der Waals surface area contributed by atoms with Gasteiger partial charge in [0.1, 0.15) is 18.1 Å². The Kier molecular flexibility index (Phi) is 9.84. The average Bonchev–Trinajstić information content (AvgIpc) is 2.87. The summed E-state index contributed by atoms with van der Waals surface area (Å²) in [7, 11) is 1.38. The van der Waals surface area contributed by atoms with E-state index in [2.05, 4.69) is 31.2 Å². The maximum absolute atomic E-state index is 11.5. The molecule has 0 aromatic heterocycles. The van der Waals surface area contributed by atoms with E-state index in [1.165, 1.54) is 39.2 Å². The average molecular weight is 447 g/mol. The molecule has 0 fully saturated rings. The van der Waals surface area contributed by atoms with Gasteiger partial charge < -0.3 is 14.2 Å². The van der Waals surface area contributed by atoms with Gasteiger partial charge in [-0.2, -0.15) is 0 Å². The molecule has 0 heterocycles. The molecule has 33 heavy (non-hydrogen) atoms. The number of hydrogen-bond donors (Lipinski definition) is 0. The Labute approximate surface area is 197 Å². The smallest absolute Gasteiger partial charge is 0.337 e. The SMILES string of the molecule is CCCCCCCCOc1ccc(-c2ccc(OCc3ccc(C(=O)OC)cc3)cc2)cc1. The minimum absolute atomic E-state index is 0.338. The van der Waals surface area contributed by atoms with Gasteiger partial charge in [0.15, 0.2) is 0 Å². The van der Waals surface area contributed by atoms with E-state index < -0.39 is 0 Å². The van der Waals surface area contributed by atoms with Crippen molar-refractivity contribution in [3.8, 4) is 22.6 Å². The molecule has 0 aliphatic rings. The summed E-state index contributed by atoms with van der Waals surface area (Å²) in [6.45, 7) is 3.46. The third kappa shape index (κ3) is 7.98. The lowest BCUT2D eigenvalue weighted by Gasteiger charge is -2.09. The summed E-state index contributed by atoms with van der Waals surface area (Å²) in [6.07, 6.45) is 7.61. The largest absolute Gasteiger partial charge is 0.494 e. The number of ether oxygens (including phenoxy) is 3. The van der Waals surface area contributed by atoms with E-state index >= 15 is 0 Å². The molecule has 3 rings (SSSR count). The zero-order valence-corrected chi connectivity index (χ0v) is 19.7. The highest BCUT2D eigenvalue weighted by molar-refractivity contribution is 5.89. The van der Waals surface area contributed by atoms with Crippen LogP contribution in [-0.4, -0.2) is 19.7 Å². The van der Waals surface area contributed by atoms with Crippen molar-refractivity contribution in [3.05, 3.63) is 83.9 Å². The normalized spacial score (nSPS) is 10.6. The van der Waals surface area contributed by atoms with Gasteiger partial charge in [0.05, 0.1) is 19.3 Å². The first-order valence-corrected chi connectivity index (χ1v) is 11.8. The van der Waals surface area contributed by atoms with Gasteiger partial charge in [0.2, 0.25) is 0 Å². The number of benzene rings is 3. The molecule has 0 amide bonds. The standard InChI is InChI=1S/C29H34O4/c1-3-4-5-6-7-8-21-32-27-17-13-24(14-18-27)25-15-19-28(20-16-25)33-22-23-9-11-26(12-10-23)29(30)31-2/h9-20H,3-8,21-22H2,1-2H3. The number of carbonyl (C=O) groups excluding carboxylic acids is 1. The minimum atomic E-state index is -0.338. The summed E-state index contributed by atoms with van der Waals surface area (Å²) < 4.78 is 16.5. The Bertz CT molecular complexity index is 960. The molecule has 174 valence electrons. The molecule has 3 aromatic rings. The highest BCUT2D eigenvalue weighted by atomic mass is 16.5. The predicted octanol–water partition coefficient (Wildman–Crippen LogP) is 7.46. The van der Waals surface area contributed by atoms with Crippen LogP contribution < -0.4 is 9.47 Å². The van der Waals surface area contributed by atoms with Crippen LogP contribution in [0.4, 0.5) is 0 Å². The van der Waals surface area contributed by atoms with E-state index in [4.69, 9.17) is 14.2 Å². The van der Waals surface area contributed by atoms with Gasteiger partial charge in [-0.05, 0) is 59.5 Å². The van der Waals surface area contributed by atoms with E-state index in [9.17, 15) is 4.79 Å². The number of unbranched alkanes of at least 4 members (excludes halogenated alkanes) is 5. The van der Waals surface area contributed by atoms with Gasteiger partial charge in [-0.3, -0.25) is 0 Å². The monoisotopic (exact) mass is 446 g/mol. The van der Waals surface area contributed by atoms with Crippen LogP contribution >= 0.6 is 0 Å². The third-order valence-electron chi connectivity index (χ3n) is 5.59. The van der Waals surface area contributed by atoms with Crippen molar-refractivity contribution in [2.24, 2.45) is 0 Å². The first-order chi connectivity index (χ1) is 16.2. The Balaban J connectivity index is 1.44. The van der Waals surface area contributed by atoms with Crippen molar-refractivity contribution in [3.63, 3.8) is 0 Å². The second-order valence-corrected chi connectivity index (χ2v) is 8.14. The molecular formula is C29H34O4. The summed E-state index contributed by atoms with van der Waals surface area (Å²) in [5, 5.41) is 0. The Morgan fingerprint density at radius 1 is 0.667 bits per heavy atom. The number of hydrogen-bond acceptors (Lipinski definition) is 4. The van der Waals surface area contributed by atoms with Crippen molar-refractivity contribution >= 4 is 5.97 Å². The zero-order chi connectivity index (χ0) is 23.3. The summed E-state index contributed by atoms with van der Waals surface area (Å²) >= 11 is 0. The summed E-state index contributed by atoms with van der Waals surface area (Å²) in [5.41, 5.74) is 3.80. The molecule has 0 aliphatic carbocycles. The van der Waals surface area contributed by atoms with Crippen LogP contribution in [0, 0.1) is 0 Å². The second kappa shape index (κ2) is 13.3. The first kappa shape index (κ1) is 24.4. The number of carbonyl (C=O) groups is 1. The summed E-state index contributed by atoms with van der Waals surface area (Å²) in [5.74, 6) is 1.38. The van der Waals surface area contributed by atoms with Crippen LogP contribution in [0.15, 0.2) is 72.8 Å². The second-order valence-electron chi connectivity index (χ2n) is 8.14. The van der Waals surface area contributed by atoms with E-state index in [1.54, 1.807) is 12.1 Å². The summed E-state index contributed by atoms with van der Waals surface area (Å²) in [6, 6.07) is 23.6. The van der Waals surface area contributed by atoms with Crippen LogP contribution in [0.1, 0.15) is 61.4 Å². The van der Waals surface area contributed by atoms with Crippen molar-refractivity contribution in [2.45, 2.75) is 52.1 Å².